The Labute approximate surface area is 176 Å². The van der Waals surface area contributed by atoms with Crippen LogP contribution in [0, 0.1) is 6.92 Å². The highest BCUT2D eigenvalue weighted by Crippen LogP contribution is 2.25. The molecule has 4 rings (SSSR count). The monoisotopic (exact) mass is 399 g/mol. The summed E-state index contributed by atoms with van der Waals surface area (Å²) < 4.78 is 0. The zero-order chi connectivity index (χ0) is 20.9. The number of aromatic nitrogens is 3. The molecule has 0 spiro atoms. The molecular formula is C23H25N7. The first-order valence-corrected chi connectivity index (χ1v) is 10.0. The van der Waals surface area contributed by atoms with Crippen molar-refractivity contribution in [2.24, 2.45) is 5.10 Å². The summed E-state index contributed by atoms with van der Waals surface area (Å²) in [5.41, 5.74) is 8.69. The van der Waals surface area contributed by atoms with Gasteiger partial charge in [0.2, 0.25) is 17.8 Å². The van der Waals surface area contributed by atoms with Gasteiger partial charge in [0.25, 0.3) is 0 Å². The highest BCUT2D eigenvalue weighted by atomic mass is 15.4. The lowest BCUT2D eigenvalue weighted by Gasteiger charge is -2.16. The summed E-state index contributed by atoms with van der Waals surface area (Å²) in [5.74, 6) is 1.43. The van der Waals surface area contributed by atoms with E-state index in [0.29, 0.717) is 17.8 Å². The molecule has 0 bridgehead atoms. The van der Waals surface area contributed by atoms with Crippen molar-refractivity contribution in [3.05, 3.63) is 71.3 Å². The molecule has 0 amide bonds. The van der Waals surface area contributed by atoms with Gasteiger partial charge in [0.1, 0.15) is 0 Å². The predicted molar refractivity (Wildman–Crippen MR) is 123 cm³/mol. The zero-order valence-corrected chi connectivity index (χ0v) is 17.4. The van der Waals surface area contributed by atoms with Crippen molar-refractivity contribution in [3.8, 4) is 0 Å². The normalized spacial score (nSPS) is 12.6. The van der Waals surface area contributed by atoms with Crippen LogP contribution in [0.15, 0.2) is 59.7 Å². The van der Waals surface area contributed by atoms with Crippen molar-refractivity contribution in [3.63, 3.8) is 0 Å². The van der Waals surface area contributed by atoms with Crippen molar-refractivity contribution < 1.29 is 0 Å². The van der Waals surface area contributed by atoms with Crippen LogP contribution in [0.3, 0.4) is 0 Å². The maximum Gasteiger partial charge on any atom is 0.250 e. The molecule has 2 aromatic carbocycles. The standard InChI is InChI=1S/C23H25N7/c1-4-30(3)23-27-21(25-19-13-9-16(2)10-14-19)26-22(28-23)29-24-15-18-12-11-17-7-5-6-8-20(17)18/h5-10,12-15H,4,11H2,1-3H3,(H2,25,26,27,28,29)/b24-15+. The third-order valence-electron chi connectivity index (χ3n) is 4.99. The van der Waals surface area contributed by atoms with E-state index in [1.807, 2.05) is 55.4 Å². The van der Waals surface area contributed by atoms with Gasteiger partial charge < -0.3 is 10.2 Å². The molecule has 0 radical (unpaired) electrons. The second-order valence-electron chi connectivity index (χ2n) is 7.18. The summed E-state index contributed by atoms with van der Waals surface area (Å²) in [6, 6.07) is 16.4. The van der Waals surface area contributed by atoms with E-state index < -0.39 is 0 Å². The lowest BCUT2D eigenvalue weighted by Crippen LogP contribution is -2.20. The maximum absolute atomic E-state index is 4.53. The minimum absolute atomic E-state index is 0.387. The average Bonchev–Trinajstić information content (AvgIpc) is 3.18. The Balaban J connectivity index is 1.54. The van der Waals surface area contributed by atoms with E-state index in [9.17, 15) is 0 Å². The molecule has 0 saturated heterocycles. The van der Waals surface area contributed by atoms with Crippen molar-refractivity contribution in [2.45, 2.75) is 20.3 Å². The molecule has 0 unspecified atom stereocenters. The SMILES string of the molecule is CCN(C)c1nc(N/N=C/C2=CCc3ccccc32)nc(Nc2ccc(C)cc2)n1. The lowest BCUT2D eigenvalue weighted by atomic mass is 10.1. The molecule has 1 heterocycles. The molecule has 152 valence electrons. The Morgan fingerprint density at radius 2 is 1.80 bits per heavy atom. The van der Waals surface area contributed by atoms with Crippen molar-refractivity contribution in [1.82, 2.24) is 15.0 Å². The molecule has 1 aliphatic carbocycles. The van der Waals surface area contributed by atoms with Crippen LogP contribution in [0.1, 0.15) is 23.6 Å². The topological polar surface area (TPSA) is 78.3 Å². The summed E-state index contributed by atoms with van der Waals surface area (Å²) in [4.78, 5) is 15.4. The largest absolute Gasteiger partial charge is 0.344 e. The third kappa shape index (κ3) is 4.46. The highest BCUT2D eigenvalue weighted by molar-refractivity contribution is 6.11. The Morgan fingerprint density at radius 3 is 2.60 bits per heavy atom. The summed E-state index contributed by atoms with van der Waals surface area (Å²) in [6.45, 7) is 4.88. The van der Waals surface area contributed by atoms with Crippen LogP contribution in [0.2, 0.25) is 0 Å². The Morgan fingerprint density at radius 1 is 1.03 bits per heavy atom. The van der Waals surface area contributed by atoms with Crippen LogP contribution < -0.4 is 15.6 Å². The number of aryl methyl sites for hydroxylation is 1. The number of allylic oxidation sites excluding steroid dienone is 2. The van der Waals surface area contributed by atoms with Gasteiger partial charge in [0.15, 0.2) is 0 Å². The minimum Gasteiger partial charge on any atom is -0.344 e. The van der Waals surface area contributed by atoms with Gasteiger partial charge in [-0.3, -0.25) is 0 Å². The molecule has 7 heteroatoms. The second kappa shape index (κ2) is 8.73. The van der Waals surface area contributed by atoms with Crippen LogP contribution in [0.5, 0.6) is 0 Å². The highest BCUT2D eigenvalue weighted by Gasteiger charge is 2.12. The average molecular weight is 400 g/mol. The molecule has 2 N–H and O–H groups in total. The first kappa shape index (κ1) is 19.6. The molecule has 0 aliphatic heterocycles. The van der Waals surface area contributed by atoms with Crippen LogP contribution in [-0.4, -0.2) is 34.8 Å². The van der Waals surface area contributed by atoms with Crippen molar-refractivity contribution in [2.75, 3.05) is 29.2 Å². The lowest BCUT2D eigenvalue weighted by molar-refractivity contribution is 0.886. The van der Waals surface area contributed by atoms with E-state index in [0.717, 1.165) is 24.2 Å². The first-order chi connectivity index (χ1) is 14.6. The number of hydrogen-bond acceptors (Lipinski definition) is 7. The quantitative estimate of drug-likeness (QED) is 0.452. The van der Waals surface area contributed by atoms with E-state index in [1.165, 1.54) is 16.7 Å². The van der Waals surface area contributed by atoms with Gasteiger partial charge in [0.05, 0.1) is 6.21 Å². The van der Waals surface area contributed by atoms with E-state index in [1.54, 1.807) is 0 Å². The van der Waals surface area contributed by atoms with Crippen LogP contribution in [-0.2, 0) is 6.42 Å². The third-order valence-corrected chi connectivity index (χ3v) is 4.99. The molecule has 7 nitrogen and oxygen atoms in total. The zero-order valence-electron chi connectivity index (χ0n) is 17.4. The number of nitrogens with zero attached hydrogens (tertiary/aromatic N) is 5. The van der Waals surface area contributed by atoms with Crippen molar-refractivity contribution in [1.29, 1.82) is 0 Å². The van der Waals surface area contributed by atoms with Gasteiger partial charge in [-0.15, -0.1) is 0 Å². The number of hydrogen-bond donors (Lipinski definition) is 2. The summed E-state index contributed by atoms with van der Waals surface area (Å²) in [6.07, 6.45) is 4.91. The number of anilines is 4. The van der Waals surface area contributed by atoms with E-state index in [2.05, 4.69) is 62.0 Å². The number of nitrogens with one attached hydrogen (secondary N) is 2. The van der Waals surface area contributed by atoms with Crippen molar-refractivity contribution >= 4 is 35.3 Å². The van der Waals surface area contributed by atoms with E-state index in [4.69, 9.17) is 0 Å². The number of fused-ring (bicyclic) bond motifs is 1. The Kier molecular flexibility index (Phi) is 5.70. The fourth-order valence-electron chi connectivity index (χ4n) is 3.14. The van der Waals surface area contributed by atoms with E-state index >= 15 is 0 Å². The molecule has 3 aromatic rings. The Hall–Kier alpha value is -3.74. The molecule has 0 atom stereocenters. The van der Waals surface area contributed by atoms with Gasteiger partial charge in [-0.2, -0.15) is 20.1 Å². The van der Waals surface area contributed by atoms with Crippen LogP contribution >= 0.6 is 0 Å². The van der Waals surface area contributed by atoms with Gasteiger partial charge in [-0.25, -0.2) is 5.43 Å². The smallest absolute Gasteiger partial charge is 0.250 e. The number of rotatable bonds is 7. The van der Waals surface area contributed by atoms with E-state index in [-0.39, 0.29) is 0 Å². The predicted octanol–water partition coefficient (Wildman–Crippen LogP) is 4.42. The first-order valence-electron chi connectivity index (χ1n) is 10.0. The Bertz CT molecular complexity index is 1090. The van der Waals surface area contributed by atoms with Gasteiger partial charge in [0, 0.05) is 19.3 Å². The molecule has 1 aromatic heterocycles. The molecule has 30 heavy (non-hydrogen) atoms. The number of benzene rings is 2. The summed E-state index contributed by atoms with van der Waals surface area (Å²) in [5, 5.41) is 7.61. The minimum atomic E-state index is 0.387. The summed E-state index contributed by atoms with van der Waals surface area (Å²) in [7, 11) is 1.94. The fourth-order valence-corrected chi connectivity index (χ4v) is 3.14. The molecule has 0 saturated carbocycles. The van der Waals surface area contributed by atoms with Gasteiger partial charge in [-0.05, 0) is 49.1 Å². The van der Waals surface area contributed by atoms with Crippen LogP contribution in [0.4, 0.5) is 23.5 Å². The van der Waals surface area contributed by atoms with Crippen LogP contribution in [0.25, 0.3) is 5.57 Å². The molecule has 0 fully saturated rings. The molecular weight excluding hydrogens is 374 g/mol. The number of hydrazone groups is 1. The summed E-state index contributed by atoms with van der Waals surface area (Å²) >= 11 is 0. The van der Waals surface area contributed by atoms with Gasteiger partial charge >= 0.3 is 0 Å². The fraction of sp³-hybridized carbons (Fsp3) is 0.217. The van der Waals surface area contributed by atoms with Gasteiger partial charge in [-0.1, -0.05) is 48.0 Å². The second-order valence-corrected chi connectivity index (χ2v) is 7.18. The molecule has 1 aliphatic rings. The maximum atomic E-state index is 4.53.